The van der Waals surface area contributed by atoms with E-state index in [-0.39, 0.29) is 0 Å². The van der Waals surface area contributed by atoms with E-state index in [0.717, 1.165) is 13.0 Å². The molecule has 0 aromatic carbocycles. The fraction of sp³-hybridized carbons (Fsp3) is 0.923. The number of likely N-dealkylation sites (tertiary alicyclic amines) is 1. The Morgan fingerprint density at radius 2 is 1.73 bits per heavy atom. The largest absolute Gasteiger partial charge is 0.345 e. The summed E-state index contributed by atoms with van der Waals surface area (Å²) in [4.78, 5) is 13.1. The molecule has 1 atom stereocenters. The van der Waals surface area contributed by atoms with Crippen molar-refractivity contribution in [2.75, 3.05) is 13.6 Å². The molecule has 0 radical (unpaired) electrons. The van der Waals surface area contributed by atoms with Crippen molar-refractivity contribution in [3.8, 4) is 0 Å². The predicted octanol–water partition coefficient (Wildman–Crippen LogP) is 3.22. The summed E-state index contributed by atoms with van der Waals surface area (Å²) in [7, 11) is 1.89. The van der Waals surface area contributed by atoms with Crippen LogP contribution in [0.1, 0.15) is 58.3 Å². The minimum Gasteiger partial charge on any atom is -0.345 e. The summed E-state index contributed by atoms with van der Waals surface area (Å²) in [5.74, 6) is 0.728. The third-order valence-corrected chi connectivity index (χ3v) is 3.38. The van der Waals surface area contributed by atoms with Crippen molar-refractivity contribution in [1.82, 2.24) is 4.90 Å². The molecule has 0 spiro atoms. The number of amides is 1. The van der Waals surface area contributed by atoms with Crippen LogP contribution in [0.5, 0.6) is 0 Å². The summed E-state index contributed by atoms with van der Waals surface area (Å²) < 4.78 is 0. The monoisotopic (exact) mass is 211 g/mol. The third kappa shape index (κ3) is 4.23. The van der Waals surface area contributed by atoms with E-state index in [2.05, 4.69) is 6.92 Å². The van der Waals surface area contributed by atoms with Crippen LogP contribution in [0.2, 0.25) is 0 Å². The molecule has 1 rings (SSSR count). The second-order valence-electron chi connectivity index (χ2n) is 4.83. The zero-order valence-corrected chi connectivity index (χ0v) is 10.3. The van der Waals surface area contributed by atoms with E-state index >= 15 is 0 Å². The molecule has 2 heteroatoms. The van der Waals surface area contributed by atoms with Gasteiger partial charge in [0.15, 0.2) is 0 Å². The summed E-state index contributed by atoms with van der Waals surface area (Å²) in [5.41, 5.74) is 0. The zero-order valence-electron chi connectivity index (χ0n) is 10.3. The number of unbranched alkanes of at least 4 members (excludes halogenated alkanes) is 6. The lowest BCUT2D eigenvalue weighted by Gasteiger charge is -2.35. The quantitative estimate of drug-likeness (QED) is 0.446. The second-order valence-corrected chi connectivity index (χ2v) is 4.83. The van der Waals surface area contributed by atoms with Gasteiger partial charge < -0.3 is 4.90 Å². The van der Waals surface area contributed by atoms with Crippen LogP contribution in [0.3, 0.4) is 0 Å². The summed E-state index contributed by atoms with van der Waals surface area (Å²) in [5, 5.41) is 0. The molecule has 2 nitrogen and oxygen atoms in total. The molecule has 1 unspecified atom stereocenters. The molecule has 1 aliphatic heterocycles. The predicted molar refractivity (Wildman–Crippen MR) is 63.7 cm³/mol. The minimum absolute atomic E-state index is 0.362. The van der Waals surface area contributed by atoms with Gasteiger partial charge in [-0.15, -0.1) is 0 Å². The summed E-state index contributed by atoms with van der Waals surface area (Å²) in [6.07, 6.45) is 10.5. The van der Waals surface area contributed by atoms with Gasteiger partial charge in [-0.3, -0.25) is 4.79 Å². The summed E-state index contributed by atoms with van der Waals surface area (Å²) in [6.45, 7) is 3.24. The number of hydrogen-bond acceptors (Lipinski definition) is 1. The van der Waals surface area contributed by atoms with Gasteiger partial charge in [-0.1, -0.05) is 51.9 Å². The molecule has 0 saturated carbocycles. The number of β-lactam (4-membered cyclic amide) rings is 1. The fourth-order valence-corrected chi connectivity index (χ4v) is 2.26. The van der Waals surface area contributed by atoms with Crippen molar-refractivity contribution in [2.45, 2.75) is 58.3 Å². The highest BCUT2D eigenvalue weighted by Crippen LogP contribution is 2.22. The maximum Gasteiger partial charge on any atom is 0.227 e. The molecule has 0 aromatic rings. The highest BCUT2D eigenvalue weighted by Gasteiger charge is 2.32. The van der Waals surface area contributed by atoms with Gasteiger partial charge >= 0.3 is 0 Å². The lowest BCUT2D eigenvalue weighted by Crippen LogP contribution is -2.49. The van der Waals surface area contributed by atoms with E-state index in [1.165, 1.54) is 44.9 Å². The second kappa shape index (κ2) is 6.86. The average molecular weight is 211 g/mol. The number of carbonyl (C=O) groups excluding carboxylic acids is 1. The Morgan fingerprint density at radius 3 is 2.27 bits per heavy atom. The van der Waals surface area contributed by atoms with Crippen molar-refractivity contribution >= 4 is 5.91 Å². The standard InChI is InChI=1S/C13H25NO/c1-3-4-5-6-7-8-9-10-12-11-14(2)13(12)15/h12H,3-11H2,1-2H3. The van der Waals surface area contributed by atoms with Crippen LogP contribution in [0.4, 0.5) is 0 Å². The van der Waals surface area contributed by atoms with Crippen molar-refractivity contribution in [1.29, 1.82) is 0 Å². The van der Waals surface area contributed by atoms with Gasteiger partial charge in [-0.05, 0) is 6.42 Å². The molecular weight excluding hydrogens is 186 g/mol. The van der Waals surface area contributed by atoms with Crippen LogP contribution in [-0.4, -0.2) is 24.4 Å². The normalized spacial score (nSPS) is 20.5. The molecule has 0 aliphatic carbocycles. The van der Waals surface area contributed by atoms with Crippen LogP contribution in [0.25, 0.3) is 0 Å². The first-order valence-electron chi connectivity index (χ1n) is 6.50. The molecular formula is C13H25NO. The van der Waals surface area contributed by atoms with Gasteiger partial charge in [-0.25, -0.2) is 0 Å². The maximum absolute atomic E-state index is 11.3. The van der Waals surface area contributed by atoms with E-state index < -0.39 is 0 Å². The lowest BCUT2D eigenvalue weighted by atomic mass is 9.93. The lowest BCUT2D eigenvalue weighted by molar-refractivity contribution is -0.145. The van der Waals surface area contributed by atoms with Crippen LogP contribution < -0.4 is 0 Å². The molecule has 1 saturated heterocycles. The number of nitrogens with zero attached hydrogens (tertiary/aromatic N) is 1. The maximum atomic E-state index is 11.3. The van der Waals surface area contributed by atoms with Gasteiger partial charge in [0.1, 0.15) is 0 Å². The molecule has 0 bridgehead atoms. The van der Waals surface area contributed by atoms with E-state index in [1.54, 1.807) is 0 Å². The average Bonchev–Trinajstić information content (AvgIpc) is 2.26. The van der Waals surface area contributed by atoms with Gasteiger partial charge in [0.25, 0.3) is 0 Å². The minimum atomic E-state index is 0.362. The molecule has 88 valence electrons. The van der Waals surface area contributed by atoms with Gasteiger partial charge in [0.05, 0.1) is 5.92 Å². The SMILES string of the molecule is CCCCCCCCCC1CN(C)C1=O. The Kier molecular flexibility index (Phi) is 5.74. The van der Waals surface area contributed by atoms with Crippen molar-refractivity contribution < 1.29 is 4.79 Å². The van der Waals surface area contributed by atoms with Crippen molar-refractivity contribution in [3.63, 3.8) is 0 Å². The van der Waals surface area contributed by atoms with E-state index in [0.29, 0.717) is 11.8 Å². The van der Waals surface area contributed by atoms with Crippen LogP contribution in [0.15, 0.2) is 0 Å². The highest BCUT2D eigenvalue weighted by atomic mass is 16.2. The first-order chi connectivity index (χ1) is 7.25. The first kappa shape index (κ1) is 12.5. The summed E-state index contributed by atoms with van der Waals surface area (Å²) in [6, 6.07) is 0. The van der Waals surface area contributed by atoms with E-state index in [9.17, 15) is 4.79 Å². The van der Waals surface area contributed by atoms with Crippen LogP contribution in [0, 0.1) is 5.92 Å². The Labute approximate surface area is 94.0 Å². The number of rotatable bonds is 8. The molecule has 1 fully saturated rings. The molecule has 15 heavy (non-hydrogen) atoms. The number of hydrogen-bond donors (Lipinski definition) is 0. The smallest absolute Gasteiger partial charge is 0.227 e. The zero-order chi connectivity index (χ0) is 11.1. The van der Waals surface area contributed by atoms with Crippen LogP contribution >= 0.6 is 0 Å². The number of carbonyl (C=O) groups is 1. The Bertz CT molecular complexity index is 191. The molecule has 0 N–H and O–H groups in total. The fourth-order valence-electron chi connectivity index (χ4n) is 2.26. The molecule has 1 amide bonds. The third-order valence-electron chi connectivity index (χ3n) is 3.38. The Balaban J connectivity index is 1.83. The van der Waals surface area contributed by atoms with Crippen LogP contribution in [-0.2, 0) is 4.79 Å². The molecule has 0 aromatic heterocycles. The molecule has 1 aliphatic rings. The van der Waals surface area contributed by atoms with Gasteiger partial charge in [-0.2, -0.15) is 0 Å². The molecule has 1 heterocycles. The Morgan fingerprint density at radius 1 is 1.13 bits per heavy atom. The summed E-state index contributed by atoms with van der Waals surface area (Å²) >= 11 is 0. The van der Waals surface area contributed by atoms with Crippen molar-refractivity contribution in [2.24, 2.45) is 5.92 Å². The first-order valence-corrected chi connectivity index (χ1v) is 6.50. The topological polar surface area (TPSA) is 20.3 Å². The van der Waals surface area contributed by atoms with Gasteiger partial charge in [0.2, 0.25) is 5.91 Å². The van der Waals surface area contributed by atoms with E-state index in [4.69, 9.17) is 0 Å². The highest BCUT2D eigenvalue weighted by molar-refractivity contribution is 5.84. The Hall–Kier alpha value is -0.530. The van der Waals surface area contributed by atoms with E-state index in [1.807, 2.05) is 11.9 Å². The van der Waals surface area contributed by atoms with Crippen molar-refractivity contribution in [3.05, 3.63) is 0 Å². The van der Waals surface area contributed by atoms with Gasteiger partial charge in [0, 0.05) is 13.6 Å².